The van der Waals surface area contributed by atoms with Crippen molar-refractivity contribution in [1.82, 2.24) is 4.31 Å². The number of anilines is 1. The van der Waals surface area contributed by atoms with E-state index in [2.05, 4.69) is 38.5 Å². The van der Waals surface area contributed by atoms with Crippen molar-refractivity contribution in [1.29, 1.82) is 0 Å². The summed E-state index contributed by atoms with van der Waals surface area (Å²) in [4.78, 5) is 31.4. The molecule has 0 aliphatic carbocycles. The molecule has 0 saturated carbocycles. The molecule has 2 fully saturated rings. The van der Waals surface area contributed by atoms with Gasteiger partial charge in [-0.3, -0.25) is 13.8 Å². The Morgan fingerprint density at radius 1 is 1.14 bits per heavy atom. The Balaban J connectivity index is 1.97. The van der Waals surface area contributed by atoms with E-state index >= 15 is 0 Å². The highest BCUT2D eigenvalue weighted by Gasteiger charge is 2.34. The van der Waals surface area contributed by atoms with Gasteiger partial charge in [-0.1, -0.05) is 38.8 Å². The van der Waals surface area contributed by atoms with Crippen molar-refractivity contribution in [2.75, 3.05) is 44.0 Å². The largest absolute Gasteiger partial charge is 0.381 e. The number of unbranched alkanes of at least 4 members (excludes halogenated alkanes) is 1. The number of allylic oxidation sites excluding steroid dienone is 4. The van der Waals surface area contributed by atoms with Gasteiger partial charge in [-0.2, -0.15) is 0 Å². The Morgan fingerprint density at radius 3 is 2.34 bits per heavy atom. The maximum atomic E-state index is 14.4. The van der Waals surface area contributed by atoms with Gasteiger partial charge in [0.05, 0.1) is 5.00 Å². The van der Waals surface area contributed by atoms with Crippen LogP contribution in [0.4, 0.5) is 5.00 Å². The summed E-state index contributed by atoms with van der Waals surface area (Å²) in [6.45, 7) is 16.5. The highest BCUT2D eigenvalue weighted by molar-refractivity contribution is 7.97. The first-order chi connectivity index (χ1) is 21.0. The van der Waals surface area contributed by atoms with Crippen LogP contribution in [0, 0.1) is 12.8 Å². The van der Waals surface area contributed by atoms with E-state index in [0.29, 0.717) is 25.3 Å². The van der Waals surface area contributed by atoms with Gasteiger partial charge in [-0.05, 0) is 101 Å². The SMILES string of the molecule is C=S(C)(=O)N1CCC(c2sc(N(CC)C3CCOCC3)c(C)c2C(=O)CC(CC)CC(C(=O)CCCC)=C(C)C=CC)CC1. The van der Waals surface area contributed by atoms with Crippen LogP contribution in [-0.4, -0.2) is 71.1 Å². The number of thiophene rings is 1. The number of ether oxygens (including phenoxy) is 1. The Morgan fingerprint density at radius 2 is 1.80 bits per heavy atom. The quantitative estimate of drug-likeness (QED) is 0.0785. The second-order valence-corrected chi connectivity index (χ2v) is 16.3. The number of carbonyl (C=O) groups is 2. The van der Waals surface area contributed by atoms with Gasteiger partial charge in [0.25, 0.3) is 0 Å². The number of hydrogen-bond acceptors (Lipinski definition) is 6. The van der Waals surface area contributed by atoms with E-state index in [1.165, 1.54) is 9.88 Å². The van der Waals surface area contributed by atoms with E-state index in [0.717, 1.165) is 100 Å². The van der Waals surface area contributed by atoms with Crippen LogP contribution >= 0.6 is 11.3 Å². The number of Topliss-reactive ketones (excluding diaryl/α,β-unsaturated/α-hetero) is 2. The second-order valence-electron chi connectivity index (χ2n) is 12.9. The fraction of sp³-hybridized carbons (Fsp3) is 0.694. The van der Waals surface area contributed by atoms with Crippen molar-refractivity contribution in [3.05, 3.63) is 39.3 Å². The summed E-state index contributed by atoms with van der Waals surface area (Å²) in [7, 11) is -2.24. The van der Waals surface area contributed by atoms with Crippen molar-refractivity contribution >= 4 is 43.5 Å². The predicted octanol–water partition coefficient (Wildman–Crippen LogP) is 8.14. The van der Waals surface area contributed by atoms with E-state index in [9.17, 15) is 13.8 Å². The molecule has 44 heavy (non-hydrogen) atoms. The molecule has 2 saturated heterocycles. The van der Waals surface area contributed by atoms with Crippen LogP contribution in [0.5, 0.6) is 0 Å². The van der Waals surface area contributed by atoms with Crippen molar-refractivity contribution in [2.24, 2.45) is 5.92 Å². The van der Waals surface area contributed by atoms with E-state index in [1.54, 1.807) is 6.26 Å². The maximum absolute atomic E-state index is 14.4. The Kier molecular flexibility index (Phi) is 14.4. The molecule has 1 aromatic rings. The van der Waals surface area contributed by atoms with Gasteiger partial charge in [0, 0.05) is 78.1 Å². The van der Waals surface area contributed by atoms with Gasteiger partial charge < -0.3 is 9.64 Å². The Hall–Kier alpha value is -1.74. The summed E-state index contributed by atoms with van der Waals surface area (Å²) in [5.41, 5.74) is 3.93. The van der Waals surface area contributed by atoms with Crippen LogP contribution < -0.4 is 4.90 Å². The zero-order valence-corrected chi connectivity index (χ0v) is 30.2. The van der Waals surface area contributed by atoms with E-state index < -0.39 is 9.71 Å². The number of hydrogen-bond donors (Lipinski definition) is 0. The smallest absolute Gasteiger partial charge is 0.164 e. The number of carbonyl (C=O) groups excluding carboxylic acids is 2. The van der Waals surface area contributed by atoms with E-state index in [1.807, 2.05) is 41.6 Å². The van der Waals surface area contributed by atoms with Gasteiger partial charge in [-0.15, -0.1) is 11.3 Å². The normalized spacial score (nSPS) is 20.0. The van der Waals surface area contributed by atoms with Gasteiger partial charge in [-0.25, -0.2) is 4.31 Å². The van der Waals surface area contributed by atoms with Crippen LogP contribution in [0.25, 0.3) is 0 Å². The van der Waals surface area contributed by atoms with Gasteiger partial charge in [0.1, 0.15) is 0 Å². The molecular weight excluding hydrogens is 589 g/mol. The molecule has 2 aliphatic rings. The molecule has 3 rings (SSSR count). The summed E-state index contributed by atoms with van der Waals surface area (Å²) < 4.78 is 20.4. The number of nitrogens with zero attached hydrogens (tertiary/aromatic N) is 2. The molecule has 0 spiro atoms. The summed E-state index contributed by atoms with van der Waals surface area (Å²) in [6.07, 6.45) is 13.9. The first-order valence-electron chi connectivity index (χ1n) is 16.9. The van der Waals surface area contributed by atoms with Gasteiger partial charge in [0.2, 0.25) is 0 Å². The number of ketones is 2. The maximum Gasteiger partial charge on any atom is 0.164 e. The minimum absolute atomic E-state index is 0.106. The average molecular weight is 647 g/mol. The third kappa shape index (κ3) is 9.40. The topological polar surface area (TPSA) is 66.9 Å². The molecule has 8 heteroatoms. The van der Waals surface area contributed by atoms with Crippen LogP contribution in [0.2, 0.25) is 0 Å². The Bertz CT molecular complexity index is 1280. The number of rotatable bonds is 16. The van der Waals surface area contributed by atoms with Crippen LogP contribution in [0.15, 0.2) is 23.3 Å². The molecule has 0 amide bonds. The van der Waals surface area contributed by atoms with Crippen molar-refractivity contribution in [3.63, 3.8) is 0 Å². The molecule has 3 heterocycles. The third-order valence-electron chi connectivity index (χ3n) is 9.56. The Labute approximate surface area is 272 Å². The predicted molar refractivity (Wildman–Crippen MR) is 190 cm³/mol. The minimum Gasteiger partial charge on any atom is -0.381 e. The highest BCUT2D eigenvalue weighted by atomic mass is 32.2. The van der Waals surface area contributed by atoms with Crippen molar-refractivity contribution in [3.8, 4) is 0 Å². The summed E-state index contributed by atoms with van der Waals surface area (Å²) in [6, 6.07) is 0.416. The lowest BCUT2D eigenvalue weighted by molar-refractivity contribution is -0.116. The lowest BCUT2D eigenvalue weighted by atomic mass is 9.84. The summed E-state index contributed by atoms with van der Waals surface area (Å²) in [5.74, 6) is 4.72. The second kappa shape index (κ2) is 17.3. The fourth-order valence-corrected chi connectivity index (χ4v) is 9.46. The zero-order valence-electron chi connectivity index (χ0n) is 28.5. The lowest BCUT2D eigenvalue weighted by Gasteiger charge is -2.35. The summed E-state index contributed by atoms with van der Waals surface area (Å²) >= 11 is 1.82. The molecule has 2 atom stereocenters. The lowest BCUT2D eigenvalue weighted by Crippen LogP contribution is -2.39. The first kappa shape index (κ1) is 36.7. The minimum atomic E-state index is -2.24. The van der Waals surface area contributed by atoms with Crippen molar-refractivity contribution in [2.45, 2.75) is 118 Å². The molecule has 0 bridgehead atoms. The van der Waals surface area contributed by atoms with Gasteiger partial charge >= 0.3 is 0 Å². The van der Waals surface area contributed by atoms with Gasteiger partial charge in [0.15, 0.2) is 11.6 Å². The van der Waals surface area contributed by atoms with E-state index in [-0.39, 0.29) is 23.4 Å². The highest BCUT2D eigenvalue weighted by Crippen LogP contribution is 2.45. The summed E-state index contributed by atoms with van der Waals surface area (Å²) in [5, 5.41) is 1.23. The first-order valence-corrected chi connectivity index (χ1v) is 19.8. The molecule has 0 N–H and O–H groups in total. The molecule has 1 aromatic heterocycles. The number of piperidine rings is 1. The standard InChI is InChI=1S/C36H58N2O4S2/c1-9-13-15-32(39)31(26(5)14-10-2)24-28(11-3)25-33(40)34-27(6)36(38(12-4)30-18-22-42-23-19-30)43-35(34)29-16-20-37(21-17-29)44(7,8)41/h10,14,28-30H,7,9,11-13,15-25H2,1-6,8H3. The average Bonchev–Trinajstić information content (AvgIpc) is 3.35. The van der Waals surface area contributed by atoms with Crippen molar-refractivity contribution < 1.29 is 18.5 Å². The van der Waals surface area contributed by atoms with Crippen LogP contribution in [-0.2, 0) is 19.2 Å². The van der Waals surface area contributed by atoms with E-state index in [4.69, 9.17) is 4.74 Å². The molecule has 6 nitrogen and oxygen atoms in total. The molecular formula is C36H58N2O4S2. The fourth-order valence-electron chi connectivity index (χ4n) is 6.85. The molecule has 0 aromatic carbocycles. The van der Waals surface area contributed by atoms with Crippen LogP contribution in [0.3, 0.4) is 0 Å². The molecule has 248 valence electrons. The molecule has 2 unspecified atom stereocenters. The molecule has 0 radical (unpaired) electrons. The third-order valence-corrected chi connectivity index (χ3v) is 12.5. The monoisotopic (exact) mass is 646 g/mol. The molecule has 2 aliphatic heterocycles. The zero-order chi connectivity index (χ0) is 32.4. The van der Waals surface area contributed by atoms with Crippen LogP contribution in [0.1, 0.15) is 126 Å².